The van der Waals surface area contributed by atoms with Gasteiger partial charge in [0.2, 0.25) is 0 Å². The molecular weight excluding hydrogens is 190 g/mol. The van der Waals surface area contributed by atoms with Crippen LogP contribution in [0.2, 0.25) is 0 Å². The number of nitrogens with zero attached hydrogens (tertiary/aromatic N) is 1. The van der Waals surface area contributed by atoms with Crippen molar-refractivity contribution in [2.75, 3.05) is 6.54 Å². The fourth-order valence-corrected chi connectivity index (χ4v) is 2.05. The predicted molar refractivity (Wildman–Crippen MR) is 59.0 cm³/mol. The molecule has 4 heteroatoms. The Morgan fingerprint density at radius 3 is 3.13 bits per heavy atom. The zero-order valence-corrected chi connectivity index (χ0v) is 9.05. The zero-order valence-electron chi connectivity index (χ0n) is 9.05. The van der Waals surface area contributed by atoms with Crippen molar-refractivity contribution >= 4 is 0 Å². The van der Waals surface area contributed by atoms with Gasteiger partial charge in [0.15, 0.2) is 0 Å². The van der Waals surface area contributed by atoms with Gasteiger partial charge in [-0.05, 0) is 31.9 Å². The largest absolute Gasteiger partial charge is 0.345 e. The Bertz CT molecular complexity index is 380. The van der Waals surface area contributed by atoms with Gasteiger partial charge >= 0.3 is 5.69 Å². The lowest BCUT2D eigenvalue weighted by molar-refractivity contribution is 0.592. The molecule has 15 heavy (non-hydrogen) atoms. The van der Waals surface area contributed by atoms with Gasteiger partial charge in [-0.3, -0.25) is 0 Å². The average molecular weight is 207 g/mol. The molecule has 1 fully saturated rings. The molecule has 0 spiro atoms. The number of hydrogen-bond acceptors (Lipinski definition) is 3. The quantitative estimate of drug-likeness (QED) is 0.764. The topological polar surface area (TPSA) is 57.8 Å². The molecule has 0 bridgehead atoms. The Morgan fingerprint density at radius 2 is 2.47 bits per heavy atom. The van der Waals surface area contributed by atoms with Crippen molar-refractivity contribution in [2.45, 2.75) is 38.6 Å². The van der Waals surface area contributed by atoms with Gasteiger partial charge < -0.3 is 10.3 Å². The summed E-state index contributed by atoms with van der Waals surface area (Å²) in [7, 11) is 0. The van der Waals surface area contributed by atoms with E-state index in [9.17, 15) is 4.79 Å². The maximum Gasteiger partial charge on any atom is 0.345 e. The predicted octanol–water partition coefficient (Wildman–Crippen LogP) is 0.627. The van der Waals surface area contributed by atoms with Gasteiger partial charge in [0.05, 0.1) is 0 Å². The van der Waals surface area contributed by atoms with E-state index < -0.39 is 0 Å². The van der Waals surface area contributed by atoms with Crippen molar-refractivity contribution in [1.82, 2.24) is 15.3 Å². The monoisotopic (exact) mass is 207 g/mol. The molecule has 82 valence electrons. The molecule has 1 aromatic rings. The SMILES string of the molecule is CCc1cc(CC2CCCN2)[nH]c(=O)n1. The first-order valence-electron chi connectivity index (χ1n) is 5.60. The Hall–Kier alpha value is -1.16. The van der Waals surface area contributed by atoms with Gasteiger partial charge in [0.25, 0.3) is 0 Å². The third-order valence-electron chi connectivity index (χ3n) is 2.84. The smallest absolute Gasteiger partial charge is 0.314 e. The number of hydrogen-bond donors (Lipinski definition) is 2. The zero-order chi connectivity index (χ0) is 10.7. The third kappa shape index (κ3) is 2.65. The van der Waals surface area contributed by atoms with Gasteiger partial charge in [0.1, 0.15) is 0 Å². The number of rotatable bonds is 3. The second-order valence-electron chi connectivity index (χ2n) is 4.05. The van der Waals surface area contributed by atoms with Crippen LogP contribution in [0.25, 0.3) is 0 Å². The highest BCUT2D eigenvalue weighted by molar-refractivity contribution is 5.09. The first kappa shape index (κ1) is 10.4. The molecule has 0 radical (unpaired) electrons. The lowest BCUT2D eigenvalue weighted by atomic mass is 10.1. The highest BCUT2D eigenvalue weighted by atomic mass is 16.1. The molecule has 1 aliphatic rings. The summed E-state index contributed by atoms with van der Waals surface area (Å²) >= 11 is 0. The summed E-state index contributed by atoms with van der Waals surface area (Å²) in [6.45, 7) is 3.11. The fourth-order valence-electron chi connectivity index (χ4n) is 2.05. The maximum atomic E-state index is 11.3. The Morgan fingerprint density at radius 1 is 1.60 bits per heavy atom. The highest BCUT2D eigenvalue weighted by Crippen LogP contribution is 2.10. The van der Waals surface area contributed by atoms with Crippen LogP contribution < -0.4 is 11.0 Å². The normalized spacial score (nSPS) is 20.7. The molecule has 2 rings (SSSR count). The number of aromatic amines is 1. The minimum Gasteiger partial charge on any atom is -0.314 e. The summed E-state index contributed by atoms with van der Waals surface area (Å²) in [6, 6.07) is 2.52. The lowest BCUT2D eigenvalue weighted by Gasteiger charge is -2.09. The van der Waals surface area contributed by atoms with E-state index in [1.165, 1.54) is 12.8 Å². The van der Waals surface area contributed by atoms with Crippen LogP contribution in [0.1, 0.15) is 31.2 Å². The van der Waals surface area contributed by atoms with Crippen molar-refractivity contribution in [1.29, 1.82) is 0 Å². The molecule has 0 amide bonds. The number of aryl methyl sites for hydroxylation is 1. The molecule has 2 heterocycles. The summed E-state index contributed by atoms with van der Waals surface area (Å²) in [5.74, 6) is 0. The molecule has 1 saturated heterocycles. The molecule has 0 aliphatic carbocycles. The Balaban J connectivity index is 2.12. The van der Waals surface area contributed by atoms with Crippen LogP contribution in [0.3, 0.4) is 0 Å². The van der Waals surface area contributed by atoms with E-state index in [-0.39, 0.29) is 5.69 Å². The number of H-pyrrole nitrogens is 1. The van der Waals surface area contributed by atoms with E-state index in [0.717, 1.165) is 30.8 Å². The van der Waals surface area contributed by atoms with Gasteiger partial charge in [-0.25, -0.2) is 4.79 Å². The van der Waals surface area contributed by atoms with Crippen LogP contribution in [0.4, 0.5) is 0 Å². The van der Waals surface area contributed by atoms with Gasteiger partial charge in [-0.2, -0.15) is 4.98 Å². The summed E-state index contributed by atoms with van der Waals surface area (Å²) in [5, 5.41) is 3.42. The van der Waals surface area contributed by atoms with Gasteiger partial charge in [-0.1, -0.05) is 6.92 Å². The van der Waals surface area contributed by atoms with E-state index in [0.29, 0.717) is 6.04 Å². The van der Waals surface area contributed by atoms with Crippen LogP contribution in [0.15, 0.2) is 10.9 Å². The Labute approximate surface area is 89.1 Å². The second-order valence-corrected chi connectivity index (χ2v) is 4.05. The maximum absolute atomic E-state index is 11.3. The fraction of sp³-hybridized carbons (Fsp3) is 0.636. The standard InChI is InChI=1S/C11H17N3O/c1-2-8-6-10(14-11(15)13-8)7-9-4-3-5-12-9/h6,9,12H,2-5,7H2,1H3,(H,13,14,15). The first-order valence-corrected chi connectivity index (χ1v) is 5.60. The van der Waals surface area contributed by atoms with Crippen molar-refractivity contribution in [2.24, 2.45) is 0 Å². The van der Waals surface area contributed by atoms with Gasteiger partial charge in [0, 0.05) is 23.9 Å². The second kappa shape index (κ2) is 4.57. The van der Waals surface area contributed by atoms with Crippen molar-refractivity contribution in [3.8, 4) is 0 Å². The van der Waals surface area contributed by atoms with Crippen LogP contribution in [0.5, 0.6) is 0 Å². The summed E-state index contributed by atoms with van der Waals surface area (Å²) in [6.07, 6.45) is 4.16. The van der Waals surface area contributed by atoms with E-state index in [1.54, 1.807) is 0 Å². The van der Waals surface area contributed by atoms with Crippen molar-refractivity contribution in [3.05, 3.63) is 27.9 Å². The van der Waals surface area contributed by atoms with E-state index >= 15 is 0 Å². The number of aromatic nitrogens is 2. The van der Waals surface area contributed by atoms with Crippen LogP contribution in [-0.2, 0) is 12.8 Å². The first-order chi connectivity index (χ1) is 7.28. The molecular formula is C11H17N3O. The molecule has 1 atom stereocenters. The number of nitrogens with one attached hydrogen (secondary N) is 2. The molecule has 0 saturated carbocycles. The molecule has 4 nitrogen and oxygen atoms in total. The lowest BCUT2D eigenvalue weighted by Crippen LogP contribution is -2.26. The summed E-state index contributed by atoms with van der Waals surface area (Å²) in [5.41, 5.74) is 1.67. The van der Waals surface area contributed by atoms with E-state index in [1.807, 2.05) is 13.0 Å². The van der Waals surface area contributed by atoms with Crippen molar-refractivity contribution in [3.63, 3.8) is 0 Å². The molecule has 2 N–H and O–H groups in total. The molecule has 1 aliphatic heterocycles. The van der Waals surface area contributed by atoms with Crippen LogP contribution >= 0.6 is 0 Å². The van der Waals surface area contributed by atoms with Crippen molar-refractivity contribution < 1.29 is 0 Å². The molecule has 1 aromatic heterocycles. The minimum absolute atomic E-state index is 0.220. The average Bonchev–Trinajstić information content (AvgIpc) is 2.69. The molecule has 1 unspecified atom stereocenters. The van der Waals surface area contributed by atoms with E-state index in [2.05, 4.69) is 15.3 Å². The highest BCUT2D eigenvalue weighted by Gasteiger charge is 2.15. The Kier molecular flexibility index (Phi) is 3.16. The summed E-state index contributed by atoms with van der Waals surface area (Å²) in [4.78, 5) is 18.0. The summed E-state index contributed by atoms with van der Waals surface area (Å²) < 4.78 is 0. The van der Waals surface area contributed by atoms with Crippen LogP contribution in [-0.4, -0.2) is 22.6 Å². The van der Waals surface area contributed by atoms with Crippen LogP contribution in [0, 0.1) is 0 Å². The van der Waals surface area contributed by atoms with E-state index in [4.69, 9.17) is 0 Å². The third-order valence-corrected chi connectivity index (χ3v) is 2.84. The minimum atomic E-state index is -0.220. The molecule has 0 aromatic carbocycles. The van der Waals surface area contributed by atoms with Gasteiger partial charge in [-0.15, -0.1) is 0 Å².